The lowest BCUT2D eigenvalue weighted by Crippen LogP contribution is -2.37. The molecule has 2 aliphatic rings. The Morgan fingerprint density at radius 2 is 1.77 bits per heavy atom. The highest BCUT2D eigenvalue weighted by Crippen LogP contribution is 2.22. The molecular formula is C16H22ClN3O2. The number of carbonyl (C=O) groups excluding carboxylic acids is 2. The van der Waals surface area contributed by atoms with Gasteiger partial charge in [0.05, 0.1) is 11.1 Å². The van der Waals surface area contributed by atoms with Crippen molar-refractivity contribution in [2.75, 3.05) is 39.8 Å². The van der Waals surface area contributed by atoms with Gasteiger partial charge < -0.3 is 10.2 Å². The first-order valence-electron chi connectivity index (χ1n) is 7.53. The Bertz CT molecular complexity index is 529. The van der Waals surface area contributed by atoms with Crippen LogP contribution in [0.15, 0.2) is 24.3 Å². The fourth-order valence-corrected chi connectivity index (χ4v) is 3.25. The third kappa shape index (κ3) is 3.16. The average Bonchev–Trinajstić information content (AvgIpc) is 3.03. The molecule has 3 rings (SSSR count). The number of carbonyl (C=O) groups is 2. The molecule has 0 bridgehead atoms. The molecule has 1 aromatic carbocycles. The van der Waals surface area contributed by atoms with Gasteiger partial charge in [-0.25, -0.2) is 0 Å². The normalized spacial score (nSPS) is 21.1. The number of hydrogen-bond donors (Lipinski definition) is 1. The summed E-state index contributed by atoms with van der Waals surface area (Å²) in [5.41, 5.74) is 1.08. The molecule has 1 unspecified atom stereocenters. The highest BCUT2D eigenvalue weighted by molar-refractivity contribution is 6.21. The molecule has 1 atom stereocenters. The first-order valence-corrected chi connectivity index (χ1v) is 7.53. The Morgan fingerprint density at radius 3 is 2.36 bits per heavy atom. The summed E-state index contributed by atoms with van der Waals surface area (Å²) < 4.78 is 0. The van der Waals surface area contributed by atoms with Crippen molar-refractivity contribution < 1.29 is 9.59 Å². The minimum Gasteiger partial charge on any atom is -0.319 e. The lowest BCUT2D eigenvalue weighted by atomic mass is 10.1. The van der Waals surface area contributed by atoms with Crippen molar-refractivity contribution >= 4 is 24.2 Å². The van der Waals surface area contributed by atoms with E-state index in [9.17, 15) is 9.59 Å². The van der Waals surface area contributed by atoms with E-state index in [1.54, 1.807) is 24.3 Å². The van der Waals surface area contributed by atoms with Gasteiger partial charge in [0.15, 0.2) is 0 Å². The quantitative estimate of drug-likeness (QED) is 0.829. The number of imide groups is 1. The molecule has 2 amide bonds. The van der Waals surface area contributed by atoms with Crippen LogP contribution < -0.4 is 5.32 Å². The highest BCUT2D eigenvalue weighted by atomic mass is 35.5. The summed E-state index contributed by atoms with van der Waals surface area (Å²) in [7, 11) is 1.97. The van der Waals surface area contributed by atoms with E-state index in [2.05, 4.69) is 10.2 Å². The summed E-state index contributed by atoms with van der Waals surface area (Å²) >= 11 is 0. The molecule has 0 spiro atoms. The number of amides is 2. The molecule has 1 saturated heterocycles. The molecule has 6 heteroatoms. The summed E-state index contributed by atoms with van der Waals surface area (Å²) in [6.45, 7) is 4.38. The Morgan fingerprint density at radius 1 is 1.14 bits per heavy atom. The SMILES string of the molecule is CNCC1CCN(CCN2C(=O)c3ccccc3C2=O)C1.Cl. The van der Waals surface area contributed by atoms with Crippen molar-refractivity contribution in [3.63, 3.8) is 0 Å². The van der Waals surface area contributed by atoms with E-state index < -0.39 is 0 Å². The predicted molar refractivity (Wildman–Crippen MR) is 87.5 cm³/mol. The van der Waals surface area contributed by atoms with E-state index >= 15 is 0 Å². The van der Waals surface area contributed by atoms with Gasteiger partial charge in [-0.15, -0.1) is 12.4 Å². The lowest BCUT2D eigenvalue weighted by Gasteiger charge is -2.20. The van der Waals surface area contributed by atoms with Crippen molar-refractivity contribution in [2.24, 2.45) is 5.92 Å². The first kappa shape index (κ1) is 16.9. The summed E-state index contributed by atoms with van der Waals surface area (Å²) in [6.07, 6.45) is 1.18. The first-order chi connectivity index (χ1) is 10.2. The third-order valence-corrected chi connectivity index (χ3v) is 4.38. The van der Waals surface area contributed by atoms with Gasteiger partial charge in [-0.1, -0.05) is 12.1 Å². The Labute approximate surface area is 137 Å². The van der Waals surface area contributed by atoms with E-state index in [1.165, 1.54) is 11.3 Å². The fourth-order valence-electron chi connectivity index (χ4n) is 3.25. The van der Waals surface area contributed by atoms with E-state index in [4.69, 9.17) is 0 Å². The van der Waals surface area contributed by atoms with Crippen molar-refractivity contribution in [3.05, 3.63) is 35.4 Å². The number of nitrogens with one attached hydrogen (secondary N) is 1. The van der Waals surface area contributed by atoms with Crippen LogP contribution in [0.2, 0.25) is 0 Å². The Hall–Kier alpha value is -1.43. The van der Waals surface area contributed by atoms with Crippen LogP contribution in [0, 0.1) is 5.92 Å². The van der Waals surface area contributed by atoms with E-state index in [0.29, 0.717) is 23.6 Å². The van der Waals surface area contributed by atoms with Gasteiger partial charge in [-0.3, -0.25) is 14.5 Å². The number of rotatable bonds is 5. The molecule has 2 heterocycles. The standard InChI is InChI=1S/C16H21N3O2.ClH/c1-17-10-12-6-7-18(11-12)8-9-19-15(20)13-4-2-3-5-14(13)16(19)21;/h2-5,12,17H,6-11H2,1H3;1H. The molecule has 22 heavy (non-hydrogen) atoms. The maximum atomic E-state index is 12.3. The summed E-state index contributed by atoms with van der Waals surface area (Å²) in [5.74, 6) is 0.375. The molecule has 0 saturated carbocycles. The summed E-state index contributed by atoms with van der Waals surface area (Å²) in [6, 6.07) is 7.06. The molecule has 0 radical (unpaired) electrons. The molecule has 1 fully saturated rings. The number of nitrogens with zero attached hydrogens (tertiary/aromatic N) is 2. The monoisotopic (exact) mass is 323 g/mol. The minimum atomic E-state index is -0.151. The second kappa shape index (κ2) is 7.22. The summed E-state index contributed by atoms with van der Waals surface area (Å²) in [4.78, 5) is 28.2. The molecule has 1 aromatic rings. The maximum Gasteiger partial charge on any atom is 0.261 e. The Balaban J connectivity index is 0.00000176. The number of benzene rings is 1. The molecule has 2 aliphatic heterocycles. The predicted octanol–water partition coefficient (Wildman–Crippen LogP) is 1.25. The number of hydrogen-bond acceptors (Lipinski definition) is 4. The number of fused-ring (bicyclic) bond motifs is 1. The average molecular weight is 324 g/mol. The second-order valence-electron chi connectivity index (χ2n) is 5.82. The second-order valence-corrected chi connectivity index (χ2v) is 5.82. The van der Waals surface area contributed by atoms with Crippen molar-refractivity contribution in [2.45, 2.75) is 6.42 Å². The Kier molecular flexibility index (Phi) is 5.56. The topological polar surface area (TPSA) is 52.6 Å². The molecule has 1 N–H and O–H groups in total. The van der Waals surface area contributed by atoms with Gasteiger partial charge in [-0.2, -0.15) is 0 Å². The smallest absolute Gasteiger partial charge is 0.261 e. The van der Waals surface area contributed by atoms with Crippen molar-refractivity contribution in [1.82, 2.24) is 15.1 Å². The largest absolute Gasteiger partial charge is 0.319 e. The van der Waals surface area contributed by atoms with Crippen molar-refractivity contribution in [3.8, 4) is 0 Å². The van der Waals surface area contributed by atoms with Gasteiger partial charge in [0.2, 0.25) is 0 Å². The highest BCUT2D eigenvalue weighted by Gasteiger charge is 2.35. The van der Waals surface area contributed by atoms with E-state index in [1.807, 2.05) is 7.05 Å². The van der Waals surface area contributed by atoms with Crippen LogP contribution in [0.1, 0.15) is 27.1 Å². The third-order valence-electron chi connectivity index (χ3n) is 4.38. The molecular weight excluding hydrogens is 302 g/mol. The van der Waals surface area contributed by atoms with E-state index in [-0.39, 0.29) is 24.2 Å². The molecule has 120 valence electrons. The molecule has 0 aromatic heterocycles. The lowest BCUT2D eigenvalue weighted by molar-refractivity contribution is 0.0640. The van der Waals surface area contributed by atoms with Crippen LogP contribution in [0.3, 0.4) is 0 Å². The molecule has 0 aliphatic carbocycles. The van der Waals surface area contributed by atoms with Crippen LogP contribution in [-0.2, 0) is 0 Å². The zero-order chi connectivity index (χ0) is 14.8. The summed E-state index contributed by atoms with van der Waals surface area (Å²) in [5, 5.41) is 3.21. The van der Waals surface area contributed by atoms with Gasteiger partial charge in [-0.05, 0) is 44.6 Å². The van der Waals surface area contributed by atoms with Crippen LogP contribution >= 0.6 is 12.4 Å². The number of halogens is 1. The maximum absolute atomic E-state index is 12.3. The zero-order valence-corrected chi connectivity index (χ0v) is 13.6. The van der Waals surface area contributed by atoms with Gasteiger partial charge in [0, 0.05) is 19.6 Å². The fraction of sp³-hybridized carbons (Fsp3) is 0.500. The van der Waals surface area contributed by atoms with Gasteiger partial charge in [0.1, 0.15) is 0 Å². The van der Waals surface area contributed by atoms with Gasteiger partial charge >= 0.3 is 0 Å². The van der Waals surface area contributed by atoms with Crippen LogP contribution in [0.5, 0.6) is 0 Å². The van der Waals surface area contributed by atoms with E-state index in [0.717, 1.165) is 26.2 Å². The number of likely N-dealkylation sites (tertiary alicyclic amines) is 1. The van der Waals surface area contributed by atoms with Crippen molar-refractivity contribution in [1.29, 1.82) is 0 Å². The van der Waals surface area contributed by atoms with Crippen LogP contribution in [-0.4, -0.2) is 61.4 Å². The van der Waals surface area contributed by atoms with Crippen LogP contribution in [0.4, 0.5) is 0 Å². The minimum absolute atomic E-state index is 0. The van der Waals surface area contributed by atoms with Crippen LogP contribution in [0.25, 0.3) is 0 Å². The molecule has 5 nitrogen and oxygen atoms in total. The zero-order valence-electron chi connectivity index (χ0n) is 12.7. The van der Waals surface area contributed by atoms with Gasteiger partial charge in [0.25, 0.3) is 11.8 Å².